The minimum atomic E-state index is 0.191. The van der Waals surface area contributed by atoms with Crippen molar-refractivity contribution in [2.45, 2.75) is 33.6 Å². The third-order valence-corrected chi connectivity index (χ3v) is 3.16. The van der Waals surface area contributed by atoms with E-state index in [0.29, 0.717) is 11.8 Å². The summed E-state index contributed by atoms with van der Waals surface area (Å²) in [5.74, 6) is 1.76. The van der Waals surface area contributed by atoms with Crippen LogP contribution in [0.25, 0.3) is 0 Å². The molecule has 0 saturated carbocycles. The normalized spacial score (nSPS) is 10.8. The van der Waals surface area contributed by atoms with Crippen molar-refractivity contribution in [1.82, 2.24) is 9.97 Å². The molecule has 0 aliphatic heterocycles. The van der Waals surface area contributed by atoms with Crippen LogP contribution in [-0.2, 0) is 0 Å². The summed E-state index contributed by atoms with van der Waals surface area (Å²) >= 11 is 5.78. The fraction of sp³-hybridized carbons (Fsp3) is 0.333. The molecule has 0 N–H and O–H groups in total. The molecule has 0 amide bonds. The lowest BCUT2D eigenvalue weighted by Gasteiger charge is -2.12. The van der Waals surface area contributed by atoms with E-state index >= 15 is 0 Å². The second-order valence-electron chi connectivity index (χ2n) is 4.90. The molecule has 1 aromatic carbocycles. The molecular formula is C15H17ClN2O. The summed E-state index contributed by atoms with van der Waals surface area (Å²) in [6.45, 7) is 8.33. The monoisotopic (exact) mass is 276 g/mol. The number of halogens is 1. The van der Waals surface area contributed by atoms with Crippen molar-refractivity contribution in [3.8, 4) is 11.6 Å². The highest BCUT2D eigenvalue weighted by Crippen LogP contribution is 2.27. The van der Waals surface area contributed by atoms with E-state index in [4.69, 9.17) is 16.3 Å². The molecule has 0 spiro atoms. The van der Waals surface area contributed by atoms with Gasteiger partial charge in [-0.05, 0) is 54.6 Å². The maximum atomic E-state index is 5.78. The second-order valence-corrected chi connectivity index (χ2v) is 5.24. The summed E-state index contributed by atoms with van der Waals surface area (Å²) in [5, 5.41) is 0.191. The molecule has 19 heavy (non-hydrogen) atoms. The molecular weight excluding hydrogens is 260 g/mol. The third-order valence-electron chi connectivity index (χ3n) is 2.97. The maximum absolute atomic E-state index is 5.78. The van der Waals surface area contributed by atoms with E-state index in [2.05, 4.69) is 36.8 Å². The molecule has 100 valence electrons. The lowest BCUT2D eigenvalue weighted by molar-refractivity contribution is 0.456. The summed E-state index contributed by atoms with van der Waals surface area (Å²) in [7, 11) is 0. The van der Waals surface area contributed by atoms with Crippen molar-refractivity contribution in [3.05, 3.63) is 46.4 Å². The van der Waals surface area contributed by atoms with Gasteiger partial charge in [0.15, 0.2) is 0 Å². The first-order valence-electron chi connectivity index (χ1n) is 6.25. The van der Waals surface area contributed by atoms with Crippen LogP contribution in [0.3, 0.4) is 0 Å². The molecule has 4 heteroatoms. The fourth-order valence-corrected chi connectivity index (χ4v) is 2.11. The van der Waals surface area contributed by atoms with Crippen LogP contribution in [0.15, 0.2) is 24.4 Å². The van der Waals surface area contributed by atoms with Crippen molar-refractivity contribution in [3.63, 3.8) is 0 Å². The molecule has 1 aromatic heterocycles. The van der Waals surface area contributed by atoms with Crippen molar-refractivity contribution in [2.24, 2.45) is 0 Å². The van der Waals surface area contributed by atoms with Gasteiger partial charge in [0.1, 0.15) is 5.75 Å². The Morgan fingerprint density at radius 3 is 2.53 bits per heavy atom. The van der Waals surface area contributed by atoms with Crippen LogP contribution in [-0.4, -0.2) is 9.97 Å². The zero-order chi connectivity index (χ0) is 14.0. The molecule has 0 atom stereocenters. The van der Waals surface area contributed by atoms with Gasteiger partial charge in [-0.1, -0.05) is 19.9 Å². The third kappa shape index (κ3) is 3.24. The average molecular weight is 277 g/mol. The Kier molecular flexibility index (Phi) is 4.05. The molecule has 0 fully saturated rings. The summed E-state index contributed by atoms with van der Waals surface area (Å²) in [6.07, 6.45) is 1.65. The smallest absolute Gasteiger partial charge is 0.226 e. The lowest BCUT2D eigenvalue weighted by atomic mass is 9.98. The Balaban J connectivity index is 2.29. The first-order valence-corrected chi connectivity index (χ1v) is 6.62. The van der Waals surface area contributed by atoms with Gasteiger partial charge in [-0.2, -0.15) is 4.98 Å². The van der Waals surface area contributed by atoms with Crippen molar-refractivity contribution >= 4 is 11.6 Å². The largest absolute Gasteiger partial charge is 0.439 e. The Morgan fingerprint density at radius 1 is 1.16 bits per heavy atom. The summed E-state index contributed by atoms with van der Waals surface area (Å²) in [4.78, 5) is 8.00. The van der Waals surface area contributed by atoms with E-state index < -0.39 is 0 Å². The van der Waals surface area contributed by atoms with Gasteiger partial charge in [-0.15, -0.1) is 0 Å². The first-order chi connectivity index (χ1) is 8.97. The number of aromatic nitrogens is 2. The molecule has 0 aliphatic rings. The van der Waals surface area contributed by atoms with Gasteiger partial charge in [0.2, 0.25) is 11.2 Å². The molecule has 2 aromatic rings. The fourth-order valence-electron chi connectivity index (χ4n) is 1.98. The molecule has 0 bridgehead atoms. The van der Waals surface area contributed by atoms with E-state index in [-0.39, 0.29) is 5.28 Å². The highest BCUT2D eigenvalue weighted by atomic mass is 35.5. The van der Waals surface area contributed by atoms with E-state index in [1.54, 1.807) is 6.20 Å². The van der Waals surface area contributed by atoms with Crippen molar-refractivity contribution < 1.29 is 4.74 Å². The molecule has 3 nitrogen and oxygen atoms in total. The number of ether oxygens (including phenoxy) is 1. The number of benzene rings is 1. The van der Waals surface area contributed by atoms with E-state index in [9.17, 15) is 0 Å². The van der Waals surface area contributed by atoms with Gasteiger partial charge in [0.05, 0.1) is 0 Å². The van der Waals surface area contributed by atoms with Crippen LogP contribution in [0, 0.1) is 13.8 Å². The standard InChI is InChI=1S/C15H17ClN2O/c1-9(2)13-6-5-12(7-10(13)3)19-14-11(4)8-17-15(16)18-14/h5-9H,1-4H3. The van der Waals surface area contributed by atoms with Crippen LogP contribution in [0.4, 0.5) is 0 Å². The first kappa shape index (κ1) is 13.8. The zero-order valence-electron chi connectivity index (χ0n) is 11.6. The minimum absolute atomic E-state index is 0.191. The molecule has 0 radical (unpaired) electrons. The number of hydrogen-bond donors (Lipinski definition) is 0. The van der Waals surface area contributed by atoms with Crippen LogP contribution < -0.4 is 4.74 Å². The van der Waals surface area contributed by atoms with Crippen LogP contribution in [0.5, 0.6) is 11.6 Å². The van der Waals surface area contributed by atoms with Gasteiger partial charge in [0, 0.05) is 11.8 Å². The predicted octanol–water partition coefficient (Wildman–Crippen LogP) is 4.66. The van der Waals surface area contributed by atoms with Crippen LogP contribution in [0.2, 0.25) is 5.28 Å². The second kappa shape index (κ2) is 5.57. The Labute approximate surface area is 118 Å². The highest BCUT2D eigenvalue weighted by Gasteiger charge is 2.08. The molecule has 2 rings (SSSR count). The number of rotatable bonds is 3. The highest BCUT2D eigenvalue weighted by molar-refractivity contribution is 6.28. The van der Waals surface area contributed by atoms with Gasteiger partial charge >= 0.3 is 0 Å². The van der Waals surface area contributed by atoms with E-state index in [0.717, 1.165) is 11.3 Å². The quantitative estimate of drug-likeness (QED) is 0.765. The molecule has 0 unspecified atom stereocenters. The van der Waals surface area contributed by atoms with Gasteiger partial charge in [-0.25, -0.2) is 4.98 Å². The SMILES string of the molecule is Cc1cc(Oc2nc(Cl)ncc2C)ccc1C(C)C. The predicted molar refractivity (Wildman–Crippen MR) is 77.1 cm³/mol. The Hall–Kier alpha value is -1.61. The number of hydrogen-bond acceptors (Lipinski definition) is 3. The van der Waals surface area contributed by atoms with E-state index in [1.807, 2.05) is 19.1 Å². The lowest BCUT2D eigenvalue weighted by Crippen LogP contribution is -1.96. The van der Waals surface area contributed by atoms with E-state index in [1.165, 1.54) is 11.1 Å². The van der Waals surface area contributed by atoms with Crippen LogP contribution >= 0.6 is 11.6 Å². The topological polar surface area (TPSA) is 35.0 Å². The number of aryl methyl sites for hydroxylation is 2. The molecule has 0 saturated heterocycles. The van der Waals surface area contributed by atoms with Gasteiger partial charge < -0.3 is 4.74 Å². The summed E-state index contributed by atoms with van der Waals surface area (Å²) in [6, 6.07) is 6.07. The number of nitrogens with zero attached hydrogens (tertiary/aromatic N) is 2. The average Bonchev–Trinajstić information content (AvgIpc) is 2.33. The molecule has 1 heterocycles. The van der Waals surface area contributed by atoms with Crippen LogP contribution in [0.1, 0.15) is 36.5 Å². The van der Waals surface area contributed by atoms with Crippen molar-refractivity contribution in [1.29, 1.82) is 0 Å². The summed E-state index contributed by atoms with van der Waals surface area (Å²) in [5.41, 5.74) is 3.39. The van der Waals surface area contributed by atoms with Gasteiger partial charge in [0.25, 0.3) is 0 Å². The molecule has 0 aliphatic carbocycles. The summed E-state index contributed by atoms with van der Waals surface area (Å²) < 4.78 is 5.77. The zero-order valence-corrected chi connectivity index (χ0v) is 12.3. The maximum Gasteiger partial charge on any atom is 0.226 e. The minimum Gasteiger partial charge on any atom is -0.439 e. The van der Waals surface area contributed by atoms with Gasteiger partial charge in [-0.3, -0.25) is 0 Å². The Bertz CT molecular complexity index is 597. The van der Waals surface area contributed by atoms with Crippen molar-refractivity contribution in [2.75, 3.05) is 0 Å². The Morgan fingerprint density at radius 2 is 1.89 bits per heavy atom.